The van der Waals surface area contributed by atoms with Crippen LogP contribution in [0, 0.1) is 0 Å². The Bertz CT molecular complexity index is 895. The van der Waals surface area contributed by atoms with E-state index in [0.717, 1.165) is 19.2 Å². The van der Waals surface area contributed by atoms with Crippen LogP contribution in [0.4, 0.5) is 18.9 Å². The number of anilines is 1. The molecular formula is C20H19F3N2O4. The van der Waals surface area contributed by atoms with Gasteiger partial charge in [0.25, 0.3) is 5.91 Å². The van der Waals surface area contributed by atoms with Gasteiger partial charge in [0.2, 0.25) is 5.91 Å². The normalized spacial score (nSPS) is 12.0. The lowest BCUT2D eigenvalue weighted by Gasteiger charge is -2.17. The molecule has 2 amide bonds. The molecule has 154 valence electrons. The van der Waals surface area contributed by atoms with Gasteiger partial charge < -0.3 is 15.4 Å². The van der Waals surface area contributed by atoms with Crippen LogP contribution in [0.2, 0.25) is 0 Å². The highest BCUT2D eigenvalue weighted by atomic mass is 19.4. The Kier molecular flexibility index (Phi) is 6.98. The number of carbonyl (C=O) groups is 3. The van der Waals surface area contributed by atoms with Crippen LogP contribution < -0.4 is 10.6 Å². The van der Waals surface area contributed by atoms with Crippen LogP contribution in [0.3, 0.4) is 0 Å². The first-order valence-corrected chi connectivity index (χ1v) is 8.52. The second kappa shape index (κ2) is 9.22. The predicted molar refractivity (Wildman–Crippen MR) is 99.2 cm³/mol. The highest BCUT2D eigenvalue weighted by Crippen LogP contribution is 2.29. The second-order valence-corrected chi connectivity index (χ2v) is 6.21. The summed E-state index contributed by atoms with van der Waals surface area (Å²) in [6, 6.07) is 9.24. The maximum Gasteiger partial charge on any atom is 0.416 e. The van der Waals surface area contributed by atoms with Crippen molar-refractivity contribution in [2.75, 3.05) is 12.4 Å². The van der Waals surface area contributed by atoms with Crippen molar-refractivity contribution in [3.63, 3.8) is 0 Å². The van der Waals surface area contributed by atoms with Crippen LogP contribution in [0.1, 0.15) is 28.4 Å². The van der Waals surface area contributed by atoms with Gasteiger partial charge in [0.1, 0.15) is 6.04 Å². The van der Waals surface area contributed by atoms with Crippen LogP contribution in [0.15, 0.2) is 48.5 Å². The van der Waals surface area contributed by atoms with Crippen molar-refractivity contribution in [2.24, 2.45) is 0 Å². The quantitative estimate of drug-likeness (QED) is 0.719. The van der Waals surface area contributed by atoms with E-state index in [4.69, 9.17) is 0 Å². The number of methoxy groups -OCH3 is 1. The van der Waals surface area contributed by atoms with Gasteiger partial charge in [-0.2, -0.15) is 13.2 Å². The number of alkyl halides is 3. The molecule has 0 fully saturated rings. The minimum Gasteiger partial charge on any atom is -0.467 e. The molecule has 0 saturated heterocycles. The molecule has 9 heteroatoms. The summed E-state index contributed by atoms with van der Waals surface area (Å²) in [7, 11) is 1.12. The average molecular weight is 408 g/mol. The Morgan fingerprint density at radius 3 is 2.28 bits per heavy atom. The first-order valence-electron chi connectivity index (χ1n) is 8.52. The van der Waals surface area contributed by atoms with E-state index in [1.807, 2.05) is 0 Å². The third-order valence-electron chi connectivity index (χ3n) is 3.95. The summed E-state index contributed by atoms with van der Waals surface area (Å²) in [5.41, 5.74) is 0.0645. The van der Waals surface area contributed by atoms with E-state index in [2.05, 4.69) is 15.4 Å². The van der Waals surface area contributed by atoms with E-state index in [0.29, 0.717) is 5.69 Å². The van der Waals surface area contributed by atoms with Crippen molar-refractivity contribution >= 4 is 23.5 Å². The molecule has 0 aromatic heterocycles. The van der Waals surface area contributed by atoms with Gasteiger partial charge >= 0.3 is 12.1 Å². The third-order valence-corrected chi connectivity index (χ3v) is 3.95. The van der Waals surface area contributed by atoms with Crippen LogP contribution in [0.5, 0.6) is 0 Å². The molecule has 0 radical (unpaired) electrons. The SMILES string of the molecule is COC(=O)[C@@H](Cc1cccc(C(F)(F)F)c1)NC(=O)c1ccc(NC(C)=O)cc1. The Morgan fingerprint density at radius 2 is 1.72 bits per heavy atom. The van der Waals surface area contributed by atoms with Crippen LogP contribution in [-0.2, 0) is 26.9 Å². The second-order valence-electron chi connectivity index (χ2n) is 6.21. The largest absolute Gasteiger partial charge is 0.467 e. The molecule has 2 N–H and O–H groups in total. The number of hydrogen-bond donors (Lipinski definition) is 2. The van der Waals surface area contributed by atoms with Crippen LogP contribution >= 0.6 is 0 Å². The van der Waals surface area contributed by atoms with Crippen molar-refractivity contribution in [1.82, 2.24) is 5.32 Å². The molecule has 6 nitrogen and oxygen atoms in total. The minimum atomic E-state index is -4.52. The van der Waals surface area contributed by atoms with Gasteiger partial charge in [-0.25, -0.2) is 4.79 Å². The van der Waals surface area contributed by atoms with Gasteiger partial charge in [-0.1, -0.05) is 18.2 Å². The first-order chi connectivity index (χ1) is 13.6. The van der Waals surface area contributed by atoms with E-state index in [9.17, 15) is 27.6 Å². The predicted octanol–water partition coefficient (Wildman–Crippen LogP) is 3.18. The maximum atomic E-state index is 12.9. The van der Waals surface area contributed by atoms with E-state index < -0.39 is 29.7 Å². The van der Waals surface area contributed by atoms with Gasteiger partial charge in [-0.15, -0.1) is 0 Å². The fourth-order valence-corrected chi connectivity index (χ4v) is 2.60. The molecule has 0 saturated carbocycles. The molecule has 2 rings (SSSR count). The van der Waals surface area contributed by atoms with Gasteiger partial charge in [-0.3, -0.25) is 9.59 Å². The molecule has 29 heavy (non-hydrogen) atoms. The van der Waals surface area contributed by atoms with Gasteiger partial charge in [0.15, 0.2) is 0 Å². The fraction of sp³-hybridized carbons (Fsp3) is 0.250. The maximum absolute atomic E-state index is 12.9. The summed E-state index contributed by atoms with van der Waals surface area (Å²) < 4.78 is 43.3. The molecule has 0 aliphatic heterocycles. The Morgan fingerprint density at radius 1 is 1.07 bits per heavy atom. The molecule has 1 atom stereocenters. The number of hydrogen-bond acceptors (Lipinski definition) is 4. The zero-order valence-corrected chi connectivity index (χ0v) is 15.7. The molecule has 2 aromatic rings. The molecule has 0 aliphatic rings. The van der Waals surface area contributed by atoms with Crippen molar-refractivity contribution in [1.29, 1.82) is 0 Å². The summed E-state index contributed by atoms with van der Waals surface area (Å²) in [5, 5.41) is 5.02. The van der Waals surface area contributed by atoms with Gasteiger partial charge in [0.05, 0.1) is 12.7 Å². The van der Waals surface area contributed by atoms with Crippen LogP contribution in [0.25, 0.3) is 0 Å². The highest BCUT2D eigenvalue weighted by Gasteiger charge is 2.31. The topological polar surface area (TPSA) is 84.5 Å². The Labute approximate surface area is 165 Å². The monoisotopic (exact) mass is 408 g/mol. The zero-order valence-electron chi connectivity index (χ0n) is 15.7. The third kappa shape index (κ3) is 6.34. The number of rotatable bonds is 6. The molecule has 2 aromatic carbocycles. The summed E-state index contributed by atoms with van der Waals surface area (Å²) in [4.78, 5) is 35.5. The molecule has 0 bridgehead atoms. The van der Waals surface area contributed by atoms with Crippen LogP contribution in [-0.4, -0.2) is 30.9 Å². The lowest BCUT2D eigenvalue weighted by atomic mass is 10.0. The van der Waals surface area contributed by atoms with E-state index >= 15 is 0 Å². The number of amides is 2. The van der Waals surface area contributed by atoms with E-state index in [1.54, 1.807) is 0 Å². The van der Waals surface area contributed by atoms with Gasteiger partial charge in [-0.05, 0) is 35.9 Å². The van der Waals surface area contributed by atoms with Crippen molar-refractivity contribution < 1.29 is 32.3 Å². The molecule has 0 heterocycles. The van der Waals surface area contributed by atoms with Crippen molar-refractivity contribution in [3.8, 4) is 0 Å². The minimum absolute atomic E-state index is 0.174. The number of ether oxygens (including phenoxy) is 1. The van der Waals surface area contributed by atoms with E-state index in [-0.39, 0.29) is 23.5 Å². The first kappa shape index (κ1) is 21.9. The molecule has 0 unspecified atom stereocenters. The highest BCUT2D eigenvalue weighted by molar-refractivity contribution is 5.97. The number of carbonyl (C=O) groups excluding carboxylic acids is 3. The summed E-state index contributed by atoms with van der Waals surface area (Å²) >= 11 is 0. The Hall–Kier alpha value is -3.36. The number of benzene rings is 2. The van der Waals surface area contributed by atoms with Crippen molar-refractivity contribution in [3.05, 3.63) is 65.2 Å². The standard InChI is InChI=1S/C20H19F3N2O4/c1-12(26)24-16-8-6-14(7-9-16)18(27)25-17(19(28)29-2)11-13-4-3-5-15(10-13)20(21,22)23/h3-10,17H,11H2,1-2H3,(H,24,26)(H,25,27)/t17-/m1/s1. The fourth-order valence-electron chi connectivity index (χ4n) is 2.60. The molecule has 0 spiro atoms. The summed E-state index contributed by atoms with van der Waals surface area (Å²) in [6.07, 6.45) is -4.69. The summed E-state index contributed by atoms with van der Waals surface area (Å²) in [5.74, 6) is -1.67. The lowest BCUT2D eigenvalue weighted by molar-refractivity contribution is -0.142. The average Bonchev–Trinajstić information content (AvgIpc) is 2.66. The number of esters is 1. The summed E-state index contributed by atoms with van der Waals surface area (Å²) in [6.45, 7) is 1.34. The lowest BCUT2D eigenvalue weighted by Crippen LogP contribution is -2.43. The molecular weight excluding hydrogens is 389 g/mol. The Balaban J connectivity index is 2.16. The number of halogens is 3. The zero-order chi connectivity index (χ0) is 21.6. The van der Waals surface area contributed by atoms with Crippen molar-refractivity contribution in [2.45, 2.75) is 25.6 Å². The number of nitrogens with one attached hydrogen (secondary N) is 2. The molecule has 0 aliphatic carbocycles. The van der Waals surface area contributed by atoms with Gasteiger partial charge in [0, 0.05) is 24.6 Å². The smallest absolute Gasteiger partial charge is 0.416 e. The van der Waals surface area contributed by atoms with E-state index in [1.165, 1.54) is 43.3 Å².